The van der Waals surface area contributed by atoms with Crippen LogP contribution in [-0.4, -0.2) is 25.2 Å². The van der Waals surface area contributed by atoms with Crippen LogP contribution in [0.4, 0.5) is 0 Å². The first-order chi connectivity index (χ1) is 9.11. The predicted molar refractivity (Wildman–Crippen MR) is 69.3 cm³/mol. The first-order valence-electron chi connectivity index (χ1n) is 6.04. The first kappa shape index (κ1) is 13.1. The van der Waals surface area contributed by atoms with E-state index in [2.05, 4.69) is 11.9 Å². The van der Waals surface area contributed by atoms with Crippen LogP contribution in [0.2, 0.25) is 0 Å². The van der Waals surface area contributed by atoms with E-state index < -0.39 is 5.97 Å². The summed E-state index contributed by atoms with van der Waals surface area (Å²) >= 11 is 0. The molecule has 0 spiro atoms. The fourth-order valence-corrected chi connectivity index (χ4v) is 1.88. The number of aromatic carboxylic acids is 1. The molecule has 0 aliphatic rings. The highest BCUT2D eigenvalue weighted by Gasteiger charge is 2.08. The molecule has 0 aliphatic heterocycles. The Bertz CT molecular complexity index is 643. The van der Waals surface area contributed by atoms with Gasteiger partial charge >= 0.3 is 5.97 Å². The largest absolute Gasteiger partial charge is 0.478 e. The SMILES string of the molecule is CCCn1cncc1Cn1cc(C(=O)O)ccc1=O. The fraction of sp³-hybridized carbons (Fsp3) is 0.308. The zero-order valence-corrected chi connectivity index (χ0v) is 10.6. The van der Waals surface area contributed by atoms with E-state index >= 15 is 0 Å². The third kappa shape index (κ3) is 2.90. The zero-order valence-electron chi connectivity index (χ0n) is 10.6. The molecule has 0 fully saturated rings. The Balaban J connectivity index is 2.32. The summed E-state index contributed by atoms with van der Waals surface area (Å²) in [5, 5.41) is 8.93. The third-order valence-corrected chi connectivity index (χ3v) is 2.83. The topological polar surface area (TPSA) is 77.1 Å². The lowest BCUT2D eigenvalue weighted by molar-refractivity contribution is 0.0696. The van der Waals surface area contributed by atoms with Crippen LogP contribution in [0.1, 0.15) is 29.4 Å². The molecule has 1 N–H and O–H groups in total. The molecule has 2 rings (SSSR count). The van der Waals surface area contributed by atoms with Gasteiger partial charge in [0.15, 0.2) is 0 Å². The molecule has 6 nitrogen and oxygen atoms in total. The number of pyridine rings is 1. The molecule has 19 heavy (non-hydrogen) atoms. The molecule has 0 amide bonds. The summed E-state index contributed by atoms with van der Waals surface area (Å²) in [5.41, 5.74) is 0.752. The van der Waals surface area contributed by atoms with Crippen LogP contribution in [0.3, 0.4) is 0 Å². The molecule has 2 heterocycles. The van der Waals surface area contributed by atoms with Crippen LogP contribution in [0.25, 0.3) is 0 Å². The number of imidazole rings is 1. The molecule has 0 unspecified atom stereocenters. The highest BCUT2D eigenvalue weighted by atomic mass is 16.4. The number of hydrogen-bond acceptors (Lipinski definition) is 3. The monoisotopic (exact) mass is 261 g/mol. The number of carbonyl (C=O) groups is 1. The van der Waals surface area contributed by atoms with E-state index in [0.29, 0.717) is 6.54 Å². The molecule has 6 heteroatoms. The minimum Gasteiger partial charge on any atom is -0.478 e. The van der Waals surface area contributed by atoms with Crippen molar-refractivity contribution in [2.75, 3.05) is 0 Å². The number of nitrogens with zero attached hydrogens (tertiary/aromatic N) is 3. The molecule has 0 saturated carbocycles. The molecular weight excluding hydrogens is 246 g/mol. The molecule has 0 aromatic carbocycles. The summed E-state index contributed by atoms with van der Waals surface area (Å²) in [6, 6.07) is 2.58. The first-order valence-corrected chi connectivity index (χ1v) is 6.04. The van der Waals surface area contributed by atoms with E-state index in [-0.39, 0.29) is 11.1 Å². The number of carboxylic acids is 1. The molecule has 0 radical (unpaired) electrons. The second-order valence-corrected chi connectivity index (χ2v) is 4.27. The van der Waals surface area contributed by atoms with Crippen LogP contribution in [0, 0.1) is 0 Å². The van der Waals surface area contributed by atoms with Crippen molar-refractivity contribution in [2.45, 2.75) is 26.4 Å². The summed E-state index contributed by atoms with van der Waals surface area (Å²) < 4.78 is 3.34. The van der Waals surface area contributed by atoms with E-state index in [1.807, 2.05) is 4.57 Å². The van der Waals surface area contributed by atoms with E-state index in [1.54, 1.807) is 12.5 Å². The van der Waals surface area contributed by atoms with Gasteiger partial charge in [0, 0.05) is 25.0 Å². The van der Waals surface area contributed by atoms with Crippen LogP contribution in [0.15, 0.2) is 35.6 Å². The van der Waals surface area contributed by atoms with Crippen molar-refractivity contribution < 1.29 is 9.90 Å². The van der Waals surface area contributed by atoms with Crippen LogP contribution >= 0.6 is 0 Å². The standard InChI is InChI=1S/C13H15N3O3/c1-2-5-15-9-14-6-11(15)8-16-7-10(13(18)19)3-4-12(16)17/h3-4,6-7,9H,2,5,8H2,1H3,(H,18,19). The van der Waals surface area contributed by atoms with Gasteiger partial charge in [0.25, 0.3) is 5.56 Å². The molecule has 100 valence electrons. The lowest BCUT2D eigenvalue weighted by Gasteiger charge is -2.09. The number of hydrogen-bond donors (Lipinski definition) is 1. The highest BCUT2D eigenvalue weighted by Crippen LogP contribution is 2.04. The number of carboxylic acid groups (broad SMARTS) is 1. The highest BCUT2D eigenvalue weighted by molar-refractivity contribution is 5.87. The van der Waals surface area contributed by atoms with E-state index in [4.69, 9.17) is 5.11 Å². The summed E-state index contributed by atoms with van der Waals surface area (Å²) in [5.74, 6) is -1.05. The van der Waals surface area contributed by atoms with Crippen molar-refractivity contribution in [3.63, 3.8) is 0 Å². The van der Waals surface area contributed by atoms with Crippen LogP contribution < -0.4 is 5.56 Å². The molecule has 0 aliphatic carbocycles. The van der Waals surface area contributed by atoms with Gasteiger partial charge in [-0.25, -0.2) is 9.78 Å². The summed E-state index contributed by atoms with van der Waals surface area (Å²) in [6.45, 7) is 3.20. The van der Waals surface area contributed by atoms with Gasteiger partial charge < -0.3 is 14.2 Å². The average Bonchev–Trinajstić information content (AvgIpc) is 2.80. The van der Waals surface area contributed by atoms with Gasteiger partial charge in [-0.2, -0.15) is 0 Å². The van der Waals surface area contributed by atoms with Crippen molar-refractivity contribution in [1.29, 1.82) is 0 Å². The Morgan fingerprint density at radius 2 is 2.16 bits per heavy atom. The molecule has 0 atom stereocenters. The number of aromatic nitrogens is 3. The summed E-state index contributed by atoms with van der Waals surface area (Å²) in [6.07, 6.45) is 5.72. The second-order valence-electron chi connectivity index (χ2n) is 4.27. The van der Waals surface area contributed by atoms with Crippen molar-refractivity contribution in [1.82, 2.24) is 14.1 Å². The van der Waals surface area contributed by atoms with E-state index in [0.717, 1.165) is 18.7 Å². The minimum absolute atomic E-state index is 0.0983. The van der Waals surface area contributed by atoms with E-state index in [1.165, 1.54) is 22.9 Å². The smallest absolute Gasteiger partial charge is 0.337 e. The molecular formula is C13H15N3O3. The maximum absolute atomic E-state index is 11.7. The van der Waals surface area contributed by atoms with Gasteiger partial charge in [0.2, 0.25) is 0 Å². The van der Waals surface area contributed by atoms with Gasteiger partial charge in [0.1, 0.15) is 0 Å². The Hall–Kier alpha value is -2.37. The molecule has 2 aromatic rings. The van der Waals surface area contributed by atoms with Gasteiger partial charge in [-0.1, -0.05) is 6.92 Å². The zero-order chi connectivity index (χ0) is 13.8. The lowest BCUT2D eigenvalue weighted by atomic mass is 10.3. The molecule has 0 bridgehead atoms. The molecule has 0 saturated heterocycles. The summed E-state index contributed by atoms with van der Waals surface area (Å²) in [7, 11) is 0. The Labute approximate surface area is 109 Å². The third-order valence-electron chi connectivity index (χ3n) is 2.83. The normalized spacial score (nSPS) is 10.6. The fourth-order valence-electron chi connectivity index (χ4n) is 1.88. The van der Waals surface area contributed by atoms with Gasteiger partial charge in [-0.3, -0.25) is 4.79 Å². The number of aryl methyl sites for hydroxylation is 1. The predicted octanol–water partition coefficient (Wildman–Crippen LogP) is 1.20. The van der Waals surface area contributed by atoms with Gasteiger partial charge in [-0.15, -0.1) is 0 Å². The Morgan fingerprint density at radius 1 is 1.37 bits per heavy atom. The van der Waals surface area contributed by atoms with Crippen molar-refractivity contribution >= 4 is 5.97 Å². The average molecular weight is 261 g/mol. The molecule has 2 aromatic heterocycles. The van der Waals surface area contributed by atoms with Crippen molar-refractivity contribution in [2.24, 2.45) is 0 Å². The van der Waals surface area contributed by atoms with Gasteiger partial charge in [-0.05, 0) is 12.5 Å². The second kappa shape index (κ2) is 5.51. The minimum atomic E-state index is -1.05. The number of rotatable bonds is 5. The van der Waals surface area contributed by atoms with Crippen molar-refractivity contribution in [3.05, 3.63) is 52.5 Å². The van der Waals surface area contributed by atoms with E-state index in [9.17, 15) is 9.59 Å². The Kier molecular flexibility index (Phi) is 3.79. The van der Waals surface area contributed by atoms with Crippen molar-refractivity contribution in [3.8, 4) is 0 Å². The van der Waals surface area contributed by atoms with Crippen LogP contribution in [0.5, 0.6) is 0 Å². The van der Waals surface area contributed by atoms with Gasteiger partial charge in [0.05, 0.1) is 24.1 Å². The maximum atomic E-state index is 11.7. The van der Waals surface area contributed by atoms with Crippen LogP contribution in [-0.2, 0) is 13.1 Å². The quantitative estimate of drug-likeness (QED) is 0.877. The maximum Gasteiger partial charge on any atom is 0.337 e. The summed E-state index contributed by atoms with van der Waals surface area (Å²) in [4.78, 5) is 26.7. The Morgan fingerprint density at radius 3 is 2.84 bits per heavy atom. The lowest BCUT2D eigenvalue weighted by Crippen LogP contribution is -2.22.